The highest BCUT2D eigenvalue weighted by atomic mass is 32.2. The summed E-state index contributed by atoms with van der Waals surface area (Å²) in [5, 5.41) is 2.54. The highest BCUT2D eigenvalue weighted by Crippen LogP contribution is 2.26. The number of amides is 1. The Morgan fingerprint density at radius 1 is 1.35 bits per heavy atom. The van der Waals surface area contributed by atoms with Gasteiger partial charge in [-0.1, -0.05) is 31.2 Å². The Morgan fingerprint density at radius 3 is 2.70 bits per heavy atom. The molecule has 23 heavy (non-hydrogen) atoms. The van der Waals surface area contributed by atoms with E-state index in [2.05, 4.69) is 11.2 Å². The molecular weight excluding hydrogens is 312 g/mol. The minimum absolute atomic E-state index is 0.0349. The quantitative estimate of drug-likeness (QED) is 0.838. The Morgan fingerprint density at radius 2 is 2.04 bits per heavy atom. The third-order valence-electron chi connectivity index (χ3n) is 4.21. The van der Waals surface area contributed by atoms with Gasteiger partial charge < -0.3 is 5.32 Å². The van der Waals surface area contributed by atoms with E-state index in [0.717, 1.165) is 32.1 Å². The highest BCUT2D eigenvalue weighted by molar-refractivity contribution is 7.89. The largest absolute Gasteiger partial charge is 0.341 e. The van der Waals surface area contributed by atoms with Crippen LogP contribution >= 0.6 is 0 Å². The molecule has 2 rings (SSSR count). The van der Waals surface area contributed by atoms with Crippen molar-refractivity contribution in [2.75, 3.05) is 13.6 Å². The maximum atomic E-state index is 12.8. The molecule has 1 aliphatic carbocycles. The lowest BCUT2D eigenvalue weighted by Crippen LogP contribution is -2.38. The maximum absolute atomic E-state index is 12.8. The van der Waals surface area contributed by atoms with Gasteiger partial charge in [0.2, 0.25) is 10.0 Å². The van der Waals surface area contributed by atoms with Crippen molar-refractivity contribution < 1.29 is 13.2 Å². The van der Waals surface area contributed by atoms with Gasteiger partial charge in [-0.05, 0) is 31.0 Å². The Bertz CT molecular complexity index is 701. The smallest absolute Gasteiger partial charge is 0.252 e. The van der Waals surface area contributed by atoms with Crippen LogP contribution < -0.4 is 5.32 Å². The summed E-state index contributed by atoms with van der Waals surface area (Å²) in [7, 11) is -1.98. The van der Waals surface area contributed by atoms with E-state index in [1.165, 1.54) is 16.4 Å². The second kappa shape index (κ2) is 7.62. The average Bonchev–Trinajstić information content (AvgIpc) is 2.59. The number of hydrogen-bond donors (Lipinski definition) is 1. The van der Waals surface area contributed by atoms with Gasteiger partial charge in [0.05, 0.1) is 11.4 Å². The fraction of sp³-hybridized carbons (Fsp3) is 0.471. The highest BCUT2D eigenvalue weighted by Gasteiger charge is 2.29. The van der Waals surface area contributed by atoms with Gasteiger partial charge in [-0.2, -0.15) is 4.31 Å². The number of carbonyl (C=O) groups is 1. The SMILES string of the molecule is C#CCNC(=O)c1cccc(S(=O)(=O)N(C)C2CCCCC2)c1. The molecular formula is C17H22N2O3S. The van der Waals surface area contributed by atoms with Crippen LogP contribution in [0.1, 0.15) is 42.5 Å². The number of nitrogens with zero attached hydrogens (tertiary/aromatic N) is 1. The minimum atomic E-state index is -3.60. The Balaban J connectivity index is 2.22. The predicted molar refractivity (Wildman–Crippen MR) is 89.4 cm³/mol. The first-order chi connectivity index (χ1) is 11.0. The normalized spacial score (nSPS) is 16.0. The van der Waals surface area contributed by atoms with E-state index in [1.54, 1.807) is 19.2 Å². The van der Waals surface area contributed by atoms with Crippen molar-refractivity contribution in [1.82, 2.24) is 9.62 Å². The molecule has 1 saturated carbocycles. The zero-order chi connectivity index (χ0) is 16.9. The summed E-state index contributed by atoms with van der Waals surface area (Å²) >= 11 is 0. The number of sulfonamides is 1. The van der Waals surface area contributed by atoms with Crippen LogP contribution in [0.4, 0.5) is 0 Å². The van der Waals surface area contributed by atoms with Gasteiger partial charge >= 0.3 is 0 Å². The van der Waals surface area contributed by atoms with Crippen molar-refractivity contribution in [3.05, 3.63) is 29.8 Å². The van der Waals surface area contributed by atoms with Crippen molar-refractivity contribution in [3.8, 4) is 12.3 Å². The molecule has 1 aliphatic rings. The number of nitrogens with one attached hydrogen (secondary N) is 1. The first kappa shape index (κ1) is 17.5. The summed E-state index contributed by atoms with van der Waals surface area (Å²) in [4.78, 5) is 12.1. The Hall–Kier alpha value is -1.84. The second-order valence-electron chi connectivity index (χ2n) is 5.73. The van der Waals surface area contributed by atoms with Gasteiger partial charge in [-0.15, -0.1) is 6.42 Å². The molecule has 0 unspecified atom stereocenters. The van der Waals surface area contributed by atoms with Crippen LogP contribution in [0.3, 0.4) is 0 Å². The van der Waals surface area contributed by atoms with Crippen molar-refractivity contribution in [2.24, 2.45) is 0 Å². The van der Waals surface area contributed by atoms with Gasteiger partial charge in [-0.25, -0.2) is 8.42 Å². The summed E-state index contributed by atoms with van der Waals surface area (Å²) < 4.78 is 27.0. The van der Waals surface area contributed by atoms with Crippen molar-refractivity contribution in [2.45, 2.75) is 43.0 Å². The monoisotopic (exact) mass is 334 g/mol. The average molecular weight is 334 g/mol. The predicted octanol–water partition coefficient (Wildman–Crippen LogP) is 2.00. The molecule has 1 aromatic rings. The van der Waals surface area contributed by atoms with Gasteiger partial charge in [0.25, 0.3) is 5.91 Å². The molecule has 0 radical (unpaired) electrons. The molecule has 0 saturated heterocycles. The lowest BCUT2D eigenvalue weighted by atomic mass is 9.96. The van der Waals surface area contributed by atoms with E-state index >= 15 is 0 Å². The fourth-order valence-corrected chi connectivity index (χ4v) is 4.30. The third-order valence-corrected chi connectivity index (χ3v) is 6.12. The van der Waals surface area contributed by atoms with E-state index < -0.39 is 10.0 Å². The first-order valence-electron chi connectivity index (χ1n) is 7.76. The van der Waals surface area contributed by atoms with Crippen LogP contribution in [0.25, 0.3) is 0 Å². The van der Waals surface area contributed by atoms with Crippen molar-refractivity contribution >= 4 is 15.9 Å². The number of rotatable bonds is 5. The molecule has 1 amide bonds. The van der Waals surface area contributed by atoms with Crippen molar-refractivity contribution in [3.63, 3.8) is 0 Å². The third kappa shape index (κ3) is 4.12. The van der Waals surface area contributed by atoms with E-state index in [1.807, 2.05) is 0 Å². The summed E-state index contributed by atoms with van der Waals surface area (Å²) in [5.74, 6) is 1.94. The van der Waals surface area contributed by atoms with Crippen LogP contribution in [0, 0.1) is 12.3 Å². The molecule has 1 fully saturated rings. The number of hydrogen-bond acceptors (Lipinski definition) is 3. The van der Waals surface area contributed by atoms with E-state index in [-0.39, 0.29) is 23.4 Å². The van der Waals surface area contributed by atoms with Gasteiger partial charge in [0.15, 0.2) is 0 Å². The van der Waals surface area contributed by atoms with Crippen LogP contribution in [0.5, 0.6) is 0 Å². The van der Waals surface area contributed by atoms with Crippen LogP contribution in [0.15, 0.2) is 29.2 Å². The maximum Gasteiger partial charge on any atom is 0.252 e. The number of terminal acetylenes is 1. The molecule has 0 spiro atoms. The van der Waals surface area contributed by atoms with E-state index in [9.17, 15) is 13.2 Å². The minimum Gasteiger partial charge on any atom is -0.341 e. The van der Waals surface area contributed by atoms with E-state index in [0.29, 0.717) is 5.56 Å². The van der Waals surface area contributed by atoms with Crippen molar-refractivity contribution in [1.29, 1.82) is 0 Å². The molecule has 0 aliphatic heterocycles. The molecule has 0 aromatic heterocycles. The molecule has 6 heteroatoms. The summed E-state index contributed by atoms with van der Waals surface area (Å²) in [5.41, 5.74) is 0.290. The summed E-state index contributed by atoms with van der Waals surface area (Å²) in [6.45, 7) is 0.109. The van der Waals surface area contributed by atoms with Gasteiger partial charge in [0, 0.05) is 18.7 Å². The molecule has 0 heterocycles. The zero-order valence-electron chi connectivity index (χ0n) is 13.3. The molecule has 5 nitrogen and oxygen atoms in total. The standard InChI is InChI=1S/C17H22N2O3S/c1-3-12-18-17(20)14-8-7-11-16(13-14)23(21,22)19(2)15-9-5-4-6-10-15/h1,7-8,11,13,15H,4-6,9-10,12H2,2H3,(H,18,20). The van der Waals surface area contributed by atoms with Crippen LogP contribution in [-0.4, -0.2) is 38.3 Å². The molecule has 0 bridgehead atoms. The summed E-state index contributed by atoms with van der Waals surface area (Å²) in [6, 6.07) is 6.11. The van der Waals surface area contributed by atoms with Crippen LogP contribution in [-0.2, 0) is 10.0 Å². The Labute approximate surface area is 138 Å². The molecule has 0 atom stereocenters. The van der Waals surface area contributed by atoms with Gasteiger partial charge in [-0.3, -0.25) is 4.79 Å². The number of carbonyl (C=O) groups excluding carboxylic acids is 1. The fourth-order valence-electron chi connectivity index (χ4n) is 2.84. The molecule has 1 N–H and O–H groups in total. The summed E-state index contributed by atoms with van der Waals surface area (Å²) in [6.07, 6.45) is 10.2. The van der Waals surface area contributed by atoms with Gasteiger partial charge in [0.1, 0.15) is 0 Å². The Kier molecular flexibility index (Phi) is 5.80. The first-order valence-corrected chi connectivity index (χ1v) is 9.20. The molecule has 1 aromatic carbocycles. The lowest BCUT2D eigenvalue weighted by molar-refractivity contribution is 0.0958. The lowest BCUT2D eigenvalue weighted by Gasteiger charge is -2.30. The number of benzene rings is 1. The van der Waals surface area contributed by atoms with E-state index in [4.69, 9.17) is 6.42 Å². The van der Waals surface area contributed by atoms with Crippen LogP contribution in [0.2, 0.25) is 0 Å². The second-order valence-corrected chi connectivity index (χ2v) is 7.73. The zero-order valence-corrected chi connectivity index (χ0v) is 14.1. The molecule has 124 valence electrons. The topological polar surface area (TPSA) is 66.5 Å².